The molecule has 0 atom stereocenters. The highest BCUT2D eigenvalue weighted by Crippen LogP contribution is 2.27. The monoisotopic (exact) mass is 330 g/mol. The fraction of sp³-hybridized carbons (Fsp3) is 0.692. The average Bonchev–Trinajstić information content (AvgIpc) is 2.72. The molecule has 22 heavy (non-hydrogen) atoms. The molecule has 1 aliphatic carbocycles. The molecule has 0 bridgehead atoms. The number of sulfonamides is 1. The zero-order valence-corrected chi connectivity index (χ0v) is 13.8. The molecule has 0 spiro atoms. The van der Waals surface area contributed by atoms with Crippen LogP contribution in [0.15, 0.2) is 11.2 Å². The summed E-state index contributed by atoms with van der Waals surface area (Å²) >= 11 is 0. The number of imidazole rings is 1. The van der Waals surface area contributed by atoms with E-state index in [1.807, 2.05) is 11.8 Å². The standard InChI is InChI=1S/C13H22N4O4S/c1-4-17(8-13(18)19)11-5-10(6-11)15-22(20,21)12-7-16(3)9(2)14-12/h7,10-11,15H,4-6,8H2,1-3H3,(H,18,19). The second-order valence-electron chi connectivity index (χ2n) is 5.64. The smallest absolute Gasteiger partial charge is 0.317 e. The summed E-state index contributed by atoms with van der Waals surface area (Å²) in [5.41, 5.74) is 0. The van der Waals surface area contributed by atoms with Gasteiger partial charge in [0.05, 0.1) is 6.54 Å². The van der Waals surface area contributed by atoms with Crippen molar-refractivity contribution in [2.45, 2.75) is 43.8 Å². The summed E-state index contributed by atoms with van der Waals surface area (Å²) in [6.45, 7) is 4.26. The van der Waals surface area contributed by atoms with Gasteiger partial charge in [0.25, 0.3) is 10.0 Å². The van der Waals surface area contributed by atoms with Crippen LogP contribution in [0.3, 0.4) is 0 Å². The molecule has 8 nitrogen and oxygen atoms in total. The third-order valence-electron chi connectivity index (χ3n) is 4.06. The van der Waals surface area contributed by atoms with Gasteiger partial charge in [0.15, 0.2) is 5.03 Å². The molecule has 2 N–H and O–H groups in total. The molecule has 9 heteroatoms. The molecule has 0 amide bonds. The Morgan fingerprint density at radius 1 is 1.55 bits per heavy atom. The van der Waals surface area contributed by atoms with Gasteiger partial charge >= 0.3 is 5.97 Å². The Morgan fingerprint density at radius 3 is 2.64 bits per heavy atom. The summed E-state index contributed by atoms with van der Waals surface area (Å²) in [6.07, 6.45) is 2.72. The topological polar surface area (TPSA) is 105 Å². The molecule has 0 saturated heterocycles. The minimum atomic E-state index is -3.62. The first kappa shape index (κ1) is 16.9. The molecule has 0 aromatic carbocycles. The first-order chi connectivity index (χ1) is 10.2. The molecule has 0 unspecified atom stereocenters. The van der Waals surface area contributed by atoms with Gasteiger partial charge in [0.1, 0.15) is 5.82 Å². The Balaban J connectivity index is 1.92. The summed E-state index contributed by atoms with van der Waals surface area (Å²) in [5.74, 6) is -0.236. The summed E-state index contributed by atoms with van der Waals surface area (Å²) < 4.78 is 28.8. The summed E-state index contributed by atoms with van der Waals surface area (Å²) in [5, 5.41) is 8.87. The number of carboxylic acids is 1. The average molecular weight is 330 g/mol. The van der Waals surface area contributed by atoms with Gasteiger partial charge in [-0.25, -0.2) is 18.1 Å². The Hall–Kier alpha value is -1.45. The number of likely N-dealkylation sites (N-methyl/N-ethyl adjacent to an activating group) is 1. The molecule has 1 saturated carbocycles. The zero-order valence-electron chi connectivity index (χ0n) is 13.0. The molecular weight excluding hydrogens is 308 g/mol. The van der Waals surface area contributed by atoms with E-state index in [-0.39, 0.29) is 23.7 Å². The summed E-state index contributed by atoms with van der Waals surface area (Å²) in [6, 6.07) is -0.0561. The van der Waals surface area contributed by atoms with E-state index in [1.165, 1.54) is 6.20 Å². The molecule has 1 aliphatic rings. The second kappa shape index (κ2) is 6.35. The van der Waals surface area contributed by atoms with Gasteiger partial charge in [-0.2, -0.15) is 0 Å². The molecule has 124 valence electrons. The number of aryl methyl sites for hydroxylation is 2. The number of nitrogens with zero attached hydrogens (tertiary/aromatic N) is 3. The van der Waals surface area contributed by atoms with E-state index in [4.69, 9.17) is 5.11 Å². The number of nitrogens with one attached hydrogen (secondary N) is 1. The SMILES string of the molecule is CCN(CC(=O)O)C1CC(NS(=O)(=O)c2cn(C)c(C)n2)C1. The van der Waals surface area contributed by atoms with Crippen molar-refractivity contribution in [2.24, 2.45) is 7.05 Å². The lowest BCUT2D eigenvalue weighted by Crippen LogP contribution is -2.54. The number of hydrogen-bond donors (Lipinski definition) is 2. The van der Waals surface area contributed by atoms with E-state index in [0.29, 0.717) is 25.2 Å². The van der Waals surface area contributed by atoms with Gasteiger partial charge in [-0.05, 0) is 26.3 Å². The predicted molar refractivity (Wildman–Crippen MR) is 80.0 cm³/mol. The zero-order chi connectivity index (χ0) is 16.5. The molecule has 0 radical (unpaired) electrons. The maximum absolute atomic E-state index is 12.2. The fourth-order valence-corrected chi connectivity index (χ4v) is 3.89. The maximum atomic E-state index is 12.2. The third-order valence-corrected chi connectivity index (χ3v) is 5.45. The van der Waals surface area contributed by atoms with Crippen LogP contribution in [0, 0.1) is 6.92 Å². The normalized spacial score (nSPS) is 21.8. The van der Waals surface area contributed by atoms with Crippen molar-refractivity contribution in [2.75, 3.05) is 13.1 Å². The fourth-order valence-electron chi connectivity index (χ4n) is 2.59. The second-order valence-corrected chi connectivity index (χ2v) is 7.30. The van der Waals surface area contributed by atoms with E-state index in [0.717, 1.165) is 0 Å². The molecule has 1 fully saturated rings. The number of rotatable bonds is 7. The summed E-state index contributed by atoms with van der Waals surface area (Å²) in [4.78, 5) is 16.7. The lowest BCUT2D eigenvalue weighted by atomic mass is 9.86. The van der Waals surface area contributed by atoms with E-state index >= 15 is 0 Å². The number of hydrogen-bond acceptors (Lipinski definition) is 5. The van der Waals surface area contributed by atoms with Crippen molar-refractivity contribution in [3.05, 3.63) is 12.0 Å². The van der Waals surface area contributed by atoms with Gasteiger partial charge in [-0.15, -0.1) is 0 Å². The molecule has 1 heterocycles. The van der Waals surface area contributed by atoms with Gasteiger partial charge < -0.3 is 9.67 Å². The number of aliphatic carboxylic acids is 1. The Kier molecular flexibility index (Phi) is 4.88. The highest BCUT2D eigenvalue weighted by atomic mass is 32.2. The first-order valence-electron chi connectivity index (χ1n) is 7.21. The number of aromatic nitrogens is 2. The largest absolute Gasteiger partial charge is 0.480 e. The quantitative estimate of drug-likeness (QED) is 0.726. The molecular formula is C13H22N4O4S. The molecule has 1 aromatic rings. The van der Waals surface area contributed by atoms with Crippen LogP contribution in [-0.4, -0.2) is 59.1 Å². The predicted octanol–water partition coefficient (Wildman–Crippen LogP) is -0.0557. The minimum absolute atomic E-state index is 0.0138. The van der Waals surface area contributed by atoms with Crippen LogP contribution in [0.5, 0.6) is 0 Å². The lowest BCUT2D eigenvalue weighted by molar-refractivity contribution is -0.139. The maximum Gasteiger partial charge on any atom is 0.317 e. The van der Waals surface area contributed by atoms with Crippen LogP contribution >= 0.6 is 0 Å². The molecule has 1 aromatic heterocycles. The minimum Gasteiger partial charge on any atom is -0.480 e. The van der Waals surface area contributed by atoms with Gasteiger partial charge in [0.2, 0.25) is 0 Å². The van der Waals surface area contributed by atoms with E-state index in [2.05, 4.69) is 9.71 Å². The van der Waals surface area contributed by atoms with Crippen molar-refractivity contribution < 1.29 is 18.3 Å². The van der Waals surface area contributed by atoms with Crippen LogP contribution < -0.4 is 4.72 Å². The van der Waals surface area contributed by atoms with Crippen molar-refractivity contribution in [1.29, 1.82) is 0 Å². The summed E-state index contributed by atoms with van der Waals surface area (Å²) in [7, 11) is -1.88. The van der Waals surface area contributed by atoms with E-state index < -0.39 is 16.0 Å². The van der Waals surface area contributed by atoms with E-state index in [9.17, 15) is 13.2 Å². The Labute approximate surface area is 130 Å². The Morgan fingerprint density at radius 2 is 2.18 bits per heavy atom. The van der Waals surface area contributed by atoms with Gasteiger partial charge in [-0.1, -0.05) is 6.92 Å². The van der Waals surface area contributed by atoms with Crippen molar-refractivity contribution in [1.82, 2.24) is 19.2 Å². The van der Waals surface area contributed by atoms with Crippen LogP contribution in [0.4, 0.5) is 0 Å². The number of carbonyl (C=O) groups is 1. The Bertz CT molecular complexity index is 629. The van der Waals surface area contributed by atoms with Crippen LogP contribution in [0.1, 0.15) is 25.6 Å². The molecule has 2 rings (SSSR count). The lowest BCUT2D eigenvalue weighted by Gasteiger charge is -2.41. The van der Waals surface area contributed by atoms with Crippen LogP contribution in [0.25, 0.3) is 0 Å². The van der Waals surface area contributed by atoms with Crippen molar-refractivity contribution in [3.8, 4) is 0 Å². The molecule has 0 aliphatic heterocycles. The van der Waals surface area contributed by atoms with Crippen LogP contribution in [-0.2, 0) is 21.9 Å². The van der Waals surface area contributed by atoms with Crippen molar-refractivity contribution in [3.63, 3.8) is 0 Å². The highest BCUT2D eigenvalue weighted by molar-refractivity contribution is 7.89. The number of carboxylic acid groups (broad SMARTS) is 1. The van der Waals surface area contributed by atoms with Gasteiger partial charge in [-0.3, -0.25) is 9.69 Å². The van der Waals surface area contributed by atoms with Crippen LogP contribution in [0.2, 0.25) is 0 Å². The highest BCUT2D eigenvalue weighted by Gasteiger charge is 2.36. The van der Waals surface area contributed by atoms with E-state index in [1.54, 1.807) is 18.5 Å². The van der Waals surface area contributed by atoms with Crippen molar-refractivity contribution >= 4 is 16.0 Å². The van der Waals surface area contributed by atoms with Gasteiger partial charge in [0, 0.05) is 25.3 Å². The third kappa shape index (κ3) is 3.65. The first-order valence-corrected chi connectivity index (χ1v) is 8.69.